The molecule has 1 aromatic heterocycles. The average Bonchev–Trinajstić information content (AvgIpc) is 2.95. The first-order valence-corrected chi connectivity index (χ1v) is 13.2. The molecule has 9 nitrogen and oxygen atoms in total. The number of para-hydroxylation sites is 1. The highest BCUT2D eigenvalue weighted by Gasteiger charge is 2.14. The normalized spacial score (nSPS) is 11.8. The number of rotatable bonds is 10. The van der Waals surface area contributed by atoms with Crippen molar-refractivity contribution in [3.8, 4) is 22.6 Å². The van der Waals surface area contributed by atoms with Gasteiger partial charge in [-0.1, -0.05) is 42.5 Å². The fraction of sp³-hybridized carbons (Fsp3) is 0.107. The monoisotopic (exact) mass is 531 g/mol. The van der Waals surface area contributed by atoms with Gasteiger partial charge in [0, 0.05) is 18.7 Å². The lowest BCUT2D eigenvalue weighted by Crippen LogP contribution is -2.23. The predicted molar refractivity (Wildman–Crippen MR) is 148 cm³/mol. The molecule has 0 atom stereocenters. The number of phenolic OH excluding ortho intramolecular Hbond substituents is 1. The van der Waals surface area contributed by atoms with Crippen molar-refractivity contribution in [1.29, 1.82) is 0 Å². The zero-order valence-corrected chi connectivity index (χ0v) is 21.6. The fourth-order valence-corrected chi connectivity index (χ4v) is 4.73. The maximum Gasteiger partial charge on any atom is 0.240 e. The molecule has 0 bridgehead atoms. The maximum atomic E-state index is 12.6. The van der Waals surface area contributed by atoms with E-state index in [1.807, 2.05) is 55.5 Å². The Kier molecular flexibility index (Phi) is 8.27. The highest BCUT2D eigenvalue weighted by molar-refractivity contribution is 7.89. The van der Waals surface area contributed by atoms with Crippen LogP contribution in [-0.2, 0) is 23.1 Å². The highest BCUT2D eigenvalue weighted by atomic mass is 32.2. The first kappa shape index (κ1) is 26.7. The molecule has 0 aliphatic rings. The Hall–Kier alpha value is -4.38. The first-order chi connectivity index (χ1) is 18.3. The second-order valence-electron chi connectivity index (χ2n) is 8.58. The van der Waals surface area contributed by atoms with E-state index in [-0.39, 0.29) is 17.2 Å². The molecule has 0 amide bonds. The van der Waals surface area contributed by atoms with Gasteiger partial charge in [0.05, 0.1) is 10.6 Å². The minimum Gasteiger partial charge on any atom is -0.507 e. The van der Waals surface area contributed by atoms with Gasteiger partial charge in [-0.3, -0.25) is 0 Å². The number of hydrogen-bond acceptors (Lipinski definition) is 8. The summed E-state index contributed by atoms with van der Waals surface area (Å²) in [4.78, 5) is 9.36. The van der Waals surface area contributed by atoms with Gasteiger partial charge in [-0.2, -0.15) is 5.90 Å². The fourth-order valence-electron chi connectivity index (χ4n) is 3.71. The van der Waals surface area contributed by atoms with E-state index in [1.165, 1.54) is 30.5 Å². The molecule has 7 N–H and O–H groups in total. The van der Waals surface area contributed by atoms with Crippen LogP contribution in [0.15, 0.2) is 96.0 Å². The van der Waals surface area contributed by atoms with Gasteiger partial charge < -0.3 is 21.0 Å². The lowest BCUT2D eigenvalue weighted by Gasteiger charge is -2.13. The minimum absolute atomic E-state index is 0.122. The molecular weight excluding hydrogens is 502 g/mol. The van der Waals surface area contributed by atoms with Gasteiger partial charge >= 0.3 is 0 Å². The van der Waals surface area contributed by atoms with Crippen LogP contribution < -0.4 is 26.5 Å². The maximum absolute atomic E-state index is 12.6. The Labute approximate surface area is 221 Å². The summed E-state index contributed by atoms with van der Waals surface area (Å²) < 4.78 is 27.7. The van der Waals surface area contributed by atoms with Gasteiger partial charge in [-0.05, 0) is 77.9 Å². The summed E-state index contributed by atoms with van der Waals surface area (Å²) in [5, 5.41) is 13.6. The van der Waals surface area contributed by atoms with E-state index in [2.05, 4.69) is 19.9 Å². The number of allylic oxidation sites excluding steroid dienone is 1. The number of benzene rings is 3. The van der Waals surface area contributed by atoms with E-state index in [4.69, 9.17) is 11.6 Å². The van der Waals surface area contributed by atoms with Crippen molar-refractivity contribution in [2.24, 2.45) is 11.6 Å². The molecule has 0 spiro atoms. The molecule has 10 heteroatoms. The van der Waals surface area contributed by atoms with Crippen LogP contribution in [0, 0.1) is 0 Å². The SMILES string of the molecule is C/C(=C/N)c1cc(-c2ccccc2O)cc(NCc2ccc(CNS(=O)(=O)c3ccc(ON)cc3)cc2)n1. The van der Waals surface area contributed by atoms with Crippen molar-refractivity contribution in [3.63, 3.8) is 0 Å². The van der Waals surface area contributed by atoms with Crippen LogP contribution in [0.3, 0.4) is 0 Å². The lowest BCUT2D eigenvalue weighted by atomic mass is 10.0. The van der Waals surface area contributed by atoms with Gasteiger partial charge in [0.25, 0.3) is 0 Å². The summed E-state index contributed by atoms with van der Waals surface area (Å²) in [5.74, 6) is 6.26. The molecule has 4 aromatic rings. The molecule has 0 saturated carbocycles. The molecular formula is C28H29N5O4S. The summed E-state index contributed by atoms with van der Waals surface area (Å²) in [6.45, 7) is 2.50. The third-order valence-electron chi connectivity index (χ3n) is 5.93. The largest absolute Gasteiger partial charge is 0.507 e. The zero-order chi connectivity index (χ0) is 27.1. The third kappa shape index (κ3) is 6.48. The van der Waals surface area contributed by atoms with Gasteiger partial charge in [0.15, 0.2) is 0 Å². The van der Waals surface area contributed by atoms with E-state index in [9.17, 15) is 13.5 Å². The van der Waals surface area contributed by atoms with Gasteiger partial charge in [-0.15, -0.1) is 0 Å². The van der Waals surface area contributed by atoms with E-state index in [0.29, 0.717) is 29.4 Å². The topological polar surface area (TPSA) is 153 Å². The summed E-state index contributed by atoms with van der Waals surface area (Å²) in [6.07, 6.45) is 1.50. The number of sulfonamides is 1. The van der Waals surface area contributed by atoms with E-state index < -0.39 is 10.0 Å². The Bertz CT molecular complexity index is 1540. The van der Waals surface area contributed by atoms with Crippen LogP contribution >= 0.6 is 0 Å². The number of nitrogens with two attached hydrogens (primary N) is 2. The molecule has 4 rings (SSSR count). The standard InChI is InChI=1S/C28H29N5O4S/c1-19(16-29)26-14-22(25-4-2-3-5-27(25)34)15-28(33-26)31-17-20-6-8-21(9-7-20)18-32-38(35,36)24-12-10-23(37-30)11-13-24/h2-16,32,34H,17-18,29-30H2,1H3,(H,31,33)/b19-16-. The van der Waals surface area contributed by atoms with E-state index in [1.54, 1.807) is 12.1 Å². The highest BCUT2D eigenvalue weighted by Crippen LogP contribution is 2.31. The molecule has 0 fully saturated rings. The van der Waals surface area contributed by atoms with Crippen molar-refractivity contribution >= 4 is 21.4 Å². The van der Waals surface area contributed by atoms with Crippen LogP contribution in [0.5, 0.6) is 11.5 Å². The molecule has 1 heterocycles. The van der Waals surface area contributed by atoms with Crippen LogP contribution in [-0.4, -0.2) is 18.5 Å². The van der Waals surface area contributed by atoms with Crippen LogP contribution in [0.4, 0.5) is 5.82 Å². The van der Waals surface area contributed by atoms with Crippen LogP contribution in [0.2, 0.25) is 0 Å². The number of nitrogens with one attached hydrogen (secondary N) is 2. The average molecular weight is 532 g/mol. The Balaban J connectivity index is 1.43. The summed E-state index contributed by atoms with van der Waals surface area (Å²) >= 11 is 0. The Morgan fingerprint density at radius 2 is 1.63 bits per heavy atom. The number of aromatic nitrogens is 1. The summed E-state index contributed by atoms with van der Waals surface area (Å²) in [6, 6.07) is 24.3. The second-order valence-corrected chi connectivity index (χ2v) is 10.3. The molecule has 0 unspecified atom stereocenters. The number of phenols is 1. The quantitative estimate of drug-likeness (QED) is 0.192. The Morgan fingerprint density at radius 1 is 0.974 bits per heavy atom. The van der Waals surface area contributed by atoms with Crippen LogP contribution in [0.1, 0.15) is 23.7 Å². The zero-order valence-electron chi connectivity index (χ0n) is 20.8. The number of pyridine rings is 1. The van der Waals surface area contributed by atoms with Crippen molar-refractivity contribution < 1.29 is 18.4 Å². The number of aromatic hydroxyl groups is 1. The molecule has 196 valence electrons. The molecule has 38 heavy (non-hydrogen) atoms. The lowest BCUT2D eigenvalue weighted by molar-refractivity contribution is 0.334. The van der Waals surface area contributed by atoms with Gasteiger partial charge in [0.1, 0.15) is 17.3 Å². The molecule has 3 aromatic carbocycles. The minimum atomic E-state index is -3.68. The third-order valence-corrected chi connectivity index (χ3v) is 7.34. The van der Waals surface area contributed by atoms with Gasteiger partial charge in [0.2, 0.25) is 10.0 Å². The van der Waals surface area contributed by atoms with E-state index >= 15 is 0 Å². The Morgan fingerprint density at radius 3 is 2.26 bits per heavy atom. The van der Waals surface area contributed by atoms with E-state index in [0.717, 1.165) is 22.3 Å². The molecule has 0 saturated heterocycles. The number of hydrogen-bond donors (Lipinski definition) is 5. The predicted octanol–water partition coefficient (Wildman–Crippen LogP) is 4.12. The second kappa shape index (κ2) is 11.8. The number of anilines is 1. The van der Waals surface area contributed by atoms with Crippen LogP contribution in [0.25, 0.3) is 16.7 Å². The van der Waals surface area contributed by atoms with Gasteiger partial charge in [-0.25, -0.2) is 18.1 Å². The number of nitrogens with zero attached hydrogens (tertiary/aromatic N) is 1. The summed E-state index contributed by atoms with van der Waals surface area (Å²) in [5.41, 5.74) is 10.5. The van der Waals surface area contributed by atoms with Crippen molar-refractivity contribution in [2.75, 3.05) is 5.32 Å². The smallest absolute Gasteiger partial charge is 0.240 e. The molecule has 0 aliphatic heterocycles. The summed E-state index contributed by atoms with van der Waals surface area (Å²) in [7, 11) is -3.68. The molecule has 0 aliphatic carbocycles. The van der Waals surface area contributed by atoms with Crippen molar-refractivity contribution in [2.45, 2.75) is 24.9 Å². The van der Waals surface area contributed by atoms with Crippen molar-refractivity contribution in [1.82, 2.24) is 9.71 Å². The first-order valence-electron chi connectivity index (χ1n) is 11.8. The molecule has 0 radical (unpaired) electrons. The van der Waals surface area contributed by atoms with Crippen molar-refractivity contribution in [3.05, 3.63) is 108 Å².